The zero-order valence-corrected chi connectivity index (χ0v) is 20.2. The number of benzene rings is 3. The van der Waals surface area contributed by atoms with E-state index in [9.17, 15) is 9.59 Å². The monoisotopic (exact) mass is 460 g/mol. The molecule has 0 saturated heterocycles. The number of hydrogen-bond acceptors (Lipinski definition) is 4. The molecule has 1 atom stereocenters. The molecule has 0 spiro atoms. The molecule has 0 aliphatic carbocycles. The van der Waals surface area contributed by atoms with E-state index in [0.717, 1.165) is 28.2 Å². The molecule has 3 aromatic carbocycles. The average molecular weight is 461 g/mol. The van der Waals surface area contributed by atoms with Crippen molar-refractivity contribution >= 4 is 11.8 Å². The summed E-state index contributed by atoms with van der Waals surface area (Å²) < 4.78 is 10.5. The highest BCUT2D eigenvalue weighted by Gasteiger charge is 2.32. The third-order valence-corrected chi connectivity index (χ3v) is 5.59. The minimum Gasteiger partial charge on any atom is -0.497 e. The van der Waals surface area contributed by atoms with E-state index < -0.39 is 6.04 Å². The molecule has 1 N–H and O–H groups in total. The molecule has 0 radical (unpaired) electrons. The van der Waals surface area contributed by atoms with Crippen LogP contribution in [0, 0.1) is 5.92 Å². The van der Waals surface area contributed by atoms with Gasteiger partial charge < -0.3 is 19.7 Å². The topological polar surface area (TPSA) is 67.9 Å². The van der Waals surface area contributed by atoms with Crippen molar-refractivity contribution in [1.29, 1.82) is 0 Å². The summed E-state index contributed by atoms with van der Waals surface area (Å²) in [5.41, 5.74) is 2.62. The van der Waals surface area contributed by atoms with Gasteiger partial charge in [-0.1, -0.05) is 68.4 Å². The third kappa shape index (κ3) is 6.38. The molecule has 6 heteroatoms. The summed E-state index contributed by atoms with van der Waals surface area (Å²) in [5, 5.41) is 3.02. The highest BCUT2D eigenvalue weighted by molar-refractivity contribution is 5.89. The minimum absolute atomic E-state index is 0.0933. The molecule has 6 nitrogen and oxygen atoms in total. The van der Waals surface area contributed by atoms with Gasteiger partial charge in [0, 0.05) is 19.0 Å². The molecule has 0 heterocycles. The zero-order valence-electron chi connectivity index (χ0n) is 20.2. The molecular weight excluding hydrogens is 428 g/mol. The summed E-state index contributed by atoms with van der Waals surface area (Å²) in [6.45, 7) is 4.34. The van der Waals surface area contributed by atoms with Crippen LogP contribution in [-0.4, -0.2) is 30.9 Å². The van der Waals surface area contributed by atoms with E-state index in [-0.39, 0.29) is 17.7 Å². The molecule has 0 fully saturated rings. The van der Waals surface area contributed by atoms with E-state index in [0.29, 0.717) is 13.1 Å². The molecule has 178 valence electrons. The largest absolute Gasteiger partial charge is 0.497 e. The van der Waals surface area contributed by atoms with Gasteiger partial charge in [0.15, 0.2) is 0 Å². The van der Waals surface area contributed by atoms with Gasteiger partial charge in [-0.05, 0) is 41.0 Å². The quantitative estimate of drug-likeness (QED) is 0.474. The zero-order chi connectivity index (χ0) is 24.5. The van der Waals surface area contributed by atoms with Gasteiger partial charge in [-0.25, -0.2) is 0 Å². The van der Waals surface area contributed by atoms with Crippen LogP contribution in [0.15, 0.2) is 78.9 Å². The van der Waals surface area contributed by atoms with Crippen LogP contribution in [0.25, 0.3) is 0 Å². The Morgan fingerprint density at radius 3 is 1.82 bits per heavy atom. The minimum atomic E-state index is -0.767. The van der Waals surface area contributed by atoms with E-state index in [1.54, 1.807) is 19.1 Å². The Hall–Kier alpha value is -3.80. The van der Waals surface area contributed by atoms with Crippen molar-refractivity contribution in [2.75, 3.05) is 14.2 Å². The van der Waals surface area contributed by atoms with Crippen molar-refractivity contribution in [3.05, 3.63) is 95.6 Å². The number of carbonyl (C=O) groups is 2. The summed E-state index contributed by atoms with van der Waals surface area (Å²) in [7, 11) is 3.23. The second-order valence-electron chi connectivity index (χ2n) is 8.35. The van der Waals surface area contributed by atoms with Crippen LogP contribution in [0.4, 0.5) is 0 Å². The summed E-state index contributed by atoms with van der Waals surface area (Å²) >= 11 is 0. The van der Waals surface area contributed by atoms with E-state index in [1.165, 1.54) is 0 Å². The fraction of sp³-hybridized carbons (Fsp3) is 0.286. The van der Waals surface area contributed by atoms with E-state index in [1.807, 2.05) is 92.7 Å². The highest BCUT2D eigenvalue weighted by atomic mass is 16.5. The first-order valence-corrected chi connectivity index (χ1v) is 11.3. The summed E-state index contributed by atoms with van der Waals surface area (Å²) in [4.78, 5) is 28.5. The third-order valence-electron chi connectivity index (χ3n) is 5.59. The molecular formula is C28H32N2O4. The van der Waals surface area contributed by atoms with Crippen molar-refractivity contribution in [2.24, 2.45) is 5.92 Å². The molecule has 3 rings (SSSR count). The lowest BCUT2D eigenvalue weighted by Gasteiger charge is -2.33. The first-order valence-electron chi connectivity index (χ1n) is 11.3. The summed E-state index contributed by atoms with van der Waals surface area (Å²) in [5.74, 6) is 0.903. The van der Waals surface area contributed by atoms with Gasteiger partial charge in [0.05, 0.1) is 14.2 Å². The van der Waals surface area contributed by atoms with Crippen molar-refractivity contribution < 1.29 is 19.1 Å². The average Bonchev–Trinajstić information content (AvgIpc) is 2.88. The van der Waals surface area contributed by atoms with Crippen LogP contribution >= 0.6 is 0 Å². The molecule has 3 aromatic rings. The lowest BCUT2D eigenvalue weighted by atomic mass is 10.0. The van der Waals surface area contributed by atoms with Gasteiger partial charge in [0.2, 0.25) is 11.8 Å². The Bertz CT molecular complexity index is 1060. The Balaban J connectivity index is 1.90. The van der Waals surface area contributed by atoms with E-state index >= 15 is 0 Å². The molecule has 0 aromatic heterocycles. The van der Waals surface area contributed by atoms with Crippen LogP contribution in [0.1, 0.15) is 36.6 Å². The van der Waals surface area contributed by atoms with E-state index in [4.69, 9.17) is 9.47 Å². The predicted octanol–water partition coefficient (Wildman–Crippen LogP) is 4.75. The molecule has 1 unspecified atom stereocenters. The van der Waals surface area contributed by atoms with Crippen LogP contribution in [0.3, 0.4) is 0 Å². The number of nitrogens with zero attached hydrogens (tertiary/aromatic N) is 1. The number of hydrogen-bond donors (Lipinski definition) is 1. The fourth-order valence-electron chi connectivity index (χ4n) is 3.69. The number of methoxy groups -OCH3 is 2. The van der Waals surface area contributed by atoms with Gasteiger partial charge in [-0.15, -0.1) is 0 Å². The Morgan fingerprint density at radius 2 is 1.32 bits per heavy atom. The molecule has 0 bridgehead atoms. The maximum Gasteiger partial charge on any atom is 0.247 e. The summed E-state index contributed by atoms with van der Waals surface area (Å²) in [6.07, 6.45) is 0. The van der Waals surface area contributed by atoms with Crippen LogP contribution in [0.2, 0.25) is 0 Å². The Labute approximate surface area is 201 Å². The van der Waals surface area contributed by atoms with Crippen LogP contribution in [0.5, 0.6) is 11.5 Å². The fourth-order valence-corrected chi connectivity index (χ4v) is 3.69. The molecule has 34 heavy (non-hydrogen) atoms. The SMILES string of the molecule is COc1ccc(CNC(=O)C(c2ccccc2)N(Cc2ccc(OC)cc2)C(=O)C(C)C)cc1. The Kier molecular flexibility index (Phi) is 8.68. The molecule has 0 saturated carbocycles. The molecule has 0 aliphatic heterocycles. The maximum atomic E-state index is 13.5. The van der Waals surface area contributed by atoms with Gasteiger partial charge in [0.1, 0.15) is 17.5 Å². The smallest absolute Gasteiger partial charge is 0.247 e. The lowest BCUT2D eigenvalue weighted by Crippen LogP contribution is -2.44. The van der Waals surface area contributed by atoms with Crippen molar-refractivity contribution in [1.82, 2.24) is 10.2 Å². The maximum absolute atomic E-state index is 13.5. The first-order chi connectivity index (χ1) is 16.4. The molecule has 0 aliphatic rings. The Morgan fingerprint density at radius 1 is 0.794 bits per heavy atom. The van der Waals surface area contributed by atoms with Crippen molar-refractivity contribution in [2.45, 2.75) is 33.0 Å². The molecule has 2 amide bonds. The standard InChI is InChI=1S/C28H32N2O4/c1-20(2)28(32)30(19-22-12-16-25(34-4)17-13-22)26(23-8-6-5-7-9-23)27(31)29-18-21-10-14-24(33-3)15-11-21/h5-17,20,26H,18-19H2,1-4H3,(H,29,31). The second kappa shape index (κ2) is 11.9. The van der Waals surface area contributed by atoms with Gasteiger partial charge in [-0.2, -0.15) is 0 Å². The van der Waals surface area contributed by atoms with E-state index in [2.05, 4.69) is 5.32 Å². The first kappa shape index (κ1) is 24.8. The van der Waals surface area contributed by atoms with Gasteiger partial charge in [-0.3, -0.25) is 9.59 Å². The van der Waals surface area contributed by atoms with Gasteiger partial charge >= 0.3 is 0 Å². The van der Waals surface area contributed by atoms with Gasteiger partial charge in [0.25, 0.3) is 0 Å². The number of carbonyl (C=O) groups excluding carboxylic acids is 2. The number of amides is 2. The highest BCUT2D eigenvalue weighted by Crippen LogP contribution is 2.26. The van der Waals surface area contributed by atoms with Crippen LogP contribution < -0.4 is 14.8 Å². The normalized spacial score (nSPS) is 11.6. The van der Waals surface area contributed by atoms with Crippen LogP contribution in [-0.2, 0) is 22.7 Å². The van der Waals surface area contributed by atoms with Crippen molar-refractivity contribution in [3.8, 4) is 11.5 Å². The number of nitrogens with one attached hydrogen (secondary N) is 1. The van der Waals surface area contributed by atoms with Crippen molar-refractivity contribution in [3.63, 3.8) is 0 Å². The number of ether oxygens (including phenoxy) is 2. The number of rotatable bonds is 10. The second-order valence-corrected chi connectivity index (χ2v) is 8.35. The summed E-state index contributed by atoms with van der Waals surface area (Å²) in [6, 6.07) is 23.7. The lowest BCUT2D eigenvalue weighted by molar-refractivity contribution is -0.144. The predicted molar refractivity (Wildman–Crippen MR) is 132 cm³/mol.